The maximum Gasteiger partial charge on any atom is 0.191 e. The molecule has 0 amide bonds. The molecule has 2 aromatic heterocycles. The van der Waals surface area contributed by atoms with Crippen LogP contribution in [-0.4, -0.2) is 38.4 Å². The van der Waals surface area contributed by atoms with E-state index < -0.39 is 0 Å². The Morgan fingerprint density at radius 3 is 2.78 bits per heavy atom. The molecule has 0 fully saturated rings. The lowest BCUT2D eigenvalue weighted by atomic mass is 10.3. The summed E-state index contributed by atoms with van der Waals surface area (Å²) in [5.74, 6) is 1.90. The first-order valence-corrected chi connectivity index (χ1v) is 9.09. The van der Waals surface area contributed by atoms with Gasteiger partial charge < -0.3 is 15.2 Å². The number of fused-ring (bicyclic) bond motifs is 1. The van der Waals surface area contributed by atoms with E-state index in [1.165, 1.54) is 5.52 Å². The SMILES string of the molecule is CCNC(=NCc1cnn(C)c1)NCCCn1c(C)nc2ccccc21.I. The third-order valence-electron chi connectivity index (χ3n) is 4.22. The molecule has 1 aromatic carbocycles. The number of aromatic nitrogens is 4. The molecular weight excluding hydrogens is 453 g/mol. The Morgan fingerprint density at radius 1 is 1.22 bits per heavy atom. The van der Waals surface area contributed by atoms with Crippen LogP contribution >= 0.6 is 24.0 Å². The highest BCUT2D eigenvalue weighted by molar-refractivity contribution is 14.0. The molecule has 0 bridgehead atoms. The molecular formula is C19H28IN7. The fourth-order valence-corrected chi connectivity index (χ4v) is 2.99. The van der Waals surface area contributed by atoms with Crippen molar-refractivity contribution in [2.45, 2.75) is 33.4 Å². The van der Waals surface area contributed by atoms with E-state index in [2.05, 4.69) is 62.3 Å². The number of aliphatic imine (C=N–C) groups is 1. The molecule has 2 N–H and O–H groups in total. The van der Waals surface area contributed by atoms with Gasteiger partial charge in [0.15, 0.2) is 5.96 Å². The Labute approximate surface area is 177 Å². The van der Waals surface area contributed by atoms with E-state index in [1.54, 1.807) is 4.68 Å². The molecule has 0 saturated heterocycles. The number of para-hydroxylation sites is 2. The second-order valence-electron chi connectivity index (χ2n) is 6.30. The molecule has 3 rings (SSSR count). The second-order valence-corrected chi connectivity index (χ2v) is 6.30. The summed E-state index contributed by atoms with van der Waals surface area (Å²) in [7, 11) is 1.92. The highest BCUT2D eigenvalue weighted by Gasteiger charge is 2.06. The van der Waals surface area contributed by atoms with Gasteiger partial charge in [-0.3, -0.25) is 4.68 Å². The summed E-state index contributed by atoms with van der Waals surface area (Å²) >= 11 is 0. The van der Waals surface area contributed by atoms with Crippen LogP contribution in [0.2, 0.25) is 0 Å². The van der Waals surface area contributed by atoms with Gasteiger partial charge in [0.05, 0.1) is 23.8 Å². The minimum Gasteiger partial charge on any atom is -0.357 e. The molecule has 0 radical (unpaired) electrons. The van der Waals surface area contributed by atoms with Crippen molar-refractivity contribution in [3.05, 3.63) is 48.0 Å². The zero-order chi connectivity index (χ0) is 18.4. The van der Waals surface area contributed by atoms with E-state index >= 15 is 0 Å². The zero-order valence-corrected chi connectivity index (χ0v) is 18.5. The van der Waals surface area contributed by atoms with E-state index in [9.17, 15) is 0 Å². The monoisotopic (exact) mass is 481 g/mol. The number of hydrogen-bond acceptors (Lipinski definition) is 3. The molecule has 0 atom stereocenters. The van der Waals surface area contributed by atoms with E-state index in [0.29, 0.717) is 6.54 Å². The lowest BCUT2D eigenvalue weighted by Gasteiger charge is -2.12. The Kier molecular flexibility index (Phi) is 8.08. The Balaban J connectivity index is 0.00000261. The zero-order valence-electron chi connectivity index (χ0n) is 16.1. The summed E-state index contributed by atoms with van der Waals surface area (Å²) in [6.07, 6.45) is 4.83. The number of hydrogen-bond donors (Lipinski definition) is 2. The number of nitrogens with one attached hydrogen (secondary N) is 2. The van der Waals surface area contributed by atoms with Crippen molar-refractivity contribution < 1.29 is 0 Å². The summed E-state index contributed by atoms with van der Waals surface area (Å²) in [6, 6.07) is 8.28. The quantitative estimate of drug-likeness (QED) is 0.236. The smallest absolute Gasteiger partial charge is 0.191 e. The van der Waals surface area contributed by atoms with Crippen LogP contribution in [-0.2, 0) is 20.1 Å². The number of aryl methyl sites for hydroxylation is 3. The lowest BCUT2D eigenvalue weighted by molar-refractivity contribution is 0.624. The highest BCUT2D eigenvalue weighted by atomic mass is 127. The van der Waals surface area contributed by atoms with Crippen LogP contribution in [0.15, 0.2) is 41.7 Å². The van der Waals surface area contributed by atoms with Gasteiger partial charge in [0, 0.05) is 38.4 Å². The number of rotatable bonds is 7. The number of nitrogens with zero attached hydrogens (tertiary/aromatic N) is 5. The predicted molar refractivity (Wildman–Crippen MR) is 121 cm³/mol. The molecule has 0 aliphatic carbocycles. The largest absolute Gasteiger partial charge is 0.357 e. The maximum absolute atomic E-state index is 4.62. The molecule has 2 heterocycles. The van der Waals surface area contributed by atoms with Crippen LogP contribution in [0, 0.1) is 6.92 Å². The Bertz CT molecular complexity index is 881. The van der Waals surface area contributed by atoms with E-state index in [1.807, 2.05) is 25.5 Å². The van der Waals surface area contributed by atoms with Gasteiger partial charge in [0.2, 0.25) is 0 Å². The van der Waals surface area contributed by atoms with Crippen molar-refractivity contribution in [2.24, 2.45) is 12.0 Å². The van der Waals surface area contributed by atoms with Crippen LogP contribution in [0.4, 0.5) is 0 Å². The summed E-state index contributed by atoms with van der Waals surface area (Å²) in [5.41, 5.74) is 3.36. The number of imidazole rings is 1. The molecule has 0 saturated carbocycles. The van der Waals surface area contributed by atoms with Gasteiger partial charge in [-0.25, -0.2) is 9.98 Å². The molecule has 0 unspecified atom stereocenters. The second kappa shape index (κ2) is 10.3. The molecule has 0 spiro atoms. The summed E-state index contributed by atoms with van der Waals surface area (Å²) < 4.78 is 4.07. The first-order chi connectivity index (χ1) is 12.7. The van der Waals surface area contributed by atoms with Gasteiger partial charge in [0.25, 0.3) is 0 Å². The summed E-state index contributed by atoms with van der Waals surface area (Å²) in [4.78, 5) is 9.24. The summed E-state index contributed by atoms with van der Waals surface area (Å²) in [5, 5.41) is 10.9. The van der Waals surface area contributed by atoms with Crippen molar-refractivity contribution in [1.29, 1.82) is 0 Å². The minimum absolute atomic E-state index is 0. The summed E-state index contributed by atoms with van der Waals surface area (Å²) in [6.45, 7) is 7.37. The van der Waals surface area contributed by atoms with Gasteiger partial charge in [-0.15, -0.1) is 24.0 Å². The molecule has 27 heavy (non-hydrogen) atoms. The number of guanidine groups is 1. The van der Waals surface area contributed by atoms with E-state index in [0.717, 1.165) is 48.9 Å². The number of halogens is 1. The van der Waals surface area contributed by atoms with Gasteiger partial charge >= 0.3 is 0 Å². The number of benzene rings is 1. The van der Waals surface area contributed by atoms with Crippen molar-refractivity contribution >= 4 is 41.0 Å². The Hall–Kier alpha value is -2.10. The van der Waals surface area contributed by atoms with Crippen LogP contribution in [0.25, 0.3) is 11.0 Å². The fraction of sp³-hybridized carbons (Fsp3) is 0.421. The average molecular weight is 481 g/mol. The van der Waals surface area contributed by atoms with Gasteiger partial charge in [-0.05, 0) is 32.4 Å². The average Bonchev–Trinajstić information content (AvgIpc) is 3.19. The molecule has 146 valence electrons. The maximum atomic E-state index is 4.62. The standard InChI is InChI=1S/C19H27N7.HI/c1-4-20-19(22-12-16-13-23-25(3)14-16)21-10-7-11-26-15(2)24-17-8-5-6-9-18(17)26;/h5-6,8-9,13-14H,4,7,10-12H2,1-3H3,(H2,20,21,22);1H. The minimum atomic E-state index is 0. The van der Waals surface area contributed by atoms with Crippen molar-refractivity contribution in [2.75, 3.05) is 13.1 Å². The molecule has 3 aromatic rings. The van der Waals surface area contributed by atoms with Gasteiger partial charge in [0.1, 0.15) is 5.82 Å². The predicted octanol–water partition coefficient (Wildman–Crippen LogP) is 2.84. The first-order valence-electron chi connectivity index (χ1n) is 9.09. The van der Waals surface area contributed by atoms with Crippen LogP contribution < -0.4 is 10.6 Å². The highest BCUT2D eigenvalue weighted by Crippen LogP contribution is 2.15. The van der Waals surface area contributed by atoms with Crippen LogP contribution in [0.1, 0.15) is 24.7 Å². The molecule has 0 aliphatic heterocycles. The van der Waals surface area contributed by atoms with E-state index in [4.69, 9.17) is 0 Å². The van der Waals surface area contributed by atoms with Gasteiger partial charge in [-0.2, -0.15) is 5.10 Å². The van der Waals surface area contributed by atoms with Crippen LogP contribution in [0.3, 0.4) is 0 Å². The van der Waals surface area contributed by atoms with Gasteiger partial charge in [-0.1, -0.05) is 12.1 Å². The van der Waals surface area contributed by atoms with Crippen LogP contribution in [0.5, 0.6) is 0 Å². The normalized spacial score (nSPS) is 11.4. The third kappa shape index (κ3) is 5.69. The van der Waals surface area contributed by atoms with Crippen molar-refractivity contribution in [1.82, 2.24) is 30.0 Å². The first kappa shape index (κ1) is 21.2. The molecule has 8 heteroatoms. The Morgan fingerprint density at radius 2 is 2.04 bits per heavy atom. The van der Waals surface area contributed by atoms with E-state index in [-0.39, 0.29) is 24.0 Å². The molecule has 0 aliphatic rings. The fourth-order valence-electron chi connectivity index (χ4n) is 2.99. The third-order valence-corrected chi connectivity index (χ3v) is 4.22. The molecule has 7 nitrogen and oxygen atoms in total. The van der Waals surface area contributed by atoms with Crippen molar-refractivity contribution in [3.8, 4) is 0 Å². The topological polar surface area (TPSA) is 72.1 Å². The van der Waals surface area contributed by atoms with Crippen molar-refractivity contribution in [3.63, 3.8) is 0 Å². The lowest BCUT2D eigenvalue weighted by Crippen LogP contribution is -2.38.